The Bertz CT molecular complexity index is 4310. The summed E-state index contributed by atoms with van der Waals surface area (Å²) in [5, 5.41) is 24.4. The van der Waals surface area contributed by atoms with E-state index in [2.05, 4.69) is 261 Å². The van der Waals surface area contributed by atoms with E-state index in [9.17, 15) is 0 Å². The third-order valence-corrected chi connectivity index (χ3v) is 17.8. The van der Waals surface area contributed by atoms with E-state index >= 15 is 0 Å². The number of hydrogen-bond acceptors (Lipinski definition) is 0. The van der Waals surface area contributed by atoms with Gasteiger partial charge in [0.15, 0.2) is 0 Å². The van der Waals surface area contributed by atoms with Crippen molar-refractivity contribution < 1.29 is 0 Å². The lowest BCUT2D eigenvalue weighted by atomic mass is 9.76. The summed E-state index contributed by atoms with van der Waals surface area (Å²) < 4.78 is 0. The van der Waals surface area contributed by atoms with Gasteiger partial charge < -0.3 is 0 Å². The topological polar surface area (TPSA) is 0 Å². The maximum Gasteiger partial charge on any atom is -0.000718 e. The van der Waals surface area contributed by atoms with Crippen LogP contribution in [0.3, 0.4) is 0 Å². The van der Waals surface area contributed by atoms with Crippen LogP contribution >= 0.6 is 0 Å². The molecule has 76 heavy (non-hydrogen) atoms. The highest BCUT2D eigenvalue weighted by Gasteiger charge is 2.32. The molecule has 12 aromatic carbocycles. The molecule has 0 aromatic heterocycles. The Morgan fingerprint density at radius 3 is 0.921 bits per heavy atom. The van der Waals surface area contributed by atoms with Crippen LogP contribution < -0.4 is 0 Å². The zero-order valence-electron chi connectivity index (χ0n) is 50.0. The van der Waals surface area contributed by atoms with Gasteiger partial charge in [0.1, 0.15) is 0 Å². The molecular weight excluding hydrogens is 913 g/mol. The zero-order valence-corrected chi connectivity index (χ0v) is 50.0. The molecule has 0 unspecified atom stereocenters. The first-order valence-electron chi connectivity index (χ1n) is 28.5. The molecule has 386 valence electrons. The van der Waals surface area contributed by atoms with Gasteiger partial charge in [-0.2, -0.15) is 0 Å². The molecule has 0 heteroatoms. The first-order valence-corrected chi connectivity index (χ1v) is 28.5. The van der Waals surface area contributed by atoms with Crippen LogP contribution in [-0.2, 0) is 37.9 Å². The molecule has 0 saturated carbocycles. The molecule has 0 radical (unpaired) electrons. The van der Waals surface area contributed by atoms with Gasteiger partial charge in [0, 0.05) is 0 Å². The molecule has 12 rings (SSSR count). The number of rotatable bonds is 2. The van der Waals surface area contributed by atoms with Gasteiger partial charge in [0.25, 0.3) is 0 Å². The van der Waals surface area contributed by atoms with Crippen LogP contribution in [0, 0.1) is 0 Å². The Morgan fingerprint density at radius 2 is 0.513 bits per heavy atom. The van der Waals surface area contributed by atoms with E-state index in [0.717, 1.165) is 0 Å². The van der Waals surface area contributed by atoms with E-state index in [-0.39, 0.29) is 37.9 Å². The fraction of sp³-hybridized carbons (Fsp3) is 0.368. The average molecular weight is 995 g/mol. The van der Waals surface area contributed by atoms with E-state index < -0.39 is 0 Å². The SMILES string of the molecule is CC(C)(C)c1cc(-c2c3cc4c(cc3c(-c3cc(C(C)(C)C)cc(C(C)(C)C)c3)c3c5cc6cc(C(C)(C)C)cc7ccc8ccc(c23)c5c8c76)c2cc(C(C)(C)C)cc3cc(C(C)(C)C)cc4c32)cc(C(C)(C)C)c1. The zero-order chi connectivity index (χ0) is 54.7. The molecule has 0 bridgehead atoms. The molecule has 0 amide bonds. The van der Waals surface area contributed by atoms with Gasteiger partial charge in [0.2, 0.25) is 0 Å². The summed E-state index contributed by atoms with van der Waals surface area (Å²) in [4.78, 5) is 0. The maximum atomic E-state index is 2.68. The highest BCUT2D eigenvalue weighted by atomic mass is 14.4. The summed E-state index contributed by atoms with van der Waals surface area (Å²) in [5.41, 5.74) is 14.6. The molecule has 12 aromatic rings. The minimum absolute atomic E-state index is 0.0106. The van der Waals surface area contributed by atoms with Gasteiger partial charge in [-0.1, -0.05) is 230 Å². The molecule has 0 aliphatic rings. The summed E-state index contributed by atoms with van der Waals surface area (Å²) in [6, 6.07) is 48.1. The highest BCUT2D eigenvalue weighted by molar-refractivity contribution is 6.46. The van der Waals surface area contributed by atoms with Crippen LogP contribution in [0.1, 0.15) is 184 Å². The van der Waals surface area contributed by atoms with Crippen molar-refractivity contribution in [3.05, 3.63) is 154 Å². The highest BCUT2D eigenvalue weighted by Crippen LogP contribution is 2.57. The minimum atomic E-state index is -0.0739. The predicted octanol–water partition coefficient (Wildman–Crippen LogP) is 22.8. The van der Waals surface area contributed by atoms with E-state index in [0.29, 0.717) is 0 Å². The Kier molecular flexibility index (Phi) is 10.5. The molecule has 0 atom stereocenters. The first kappa shape index (κ1) is 50.6. The van der Waals surface area contributed by atoms with Gasteiger partial charge in [0.05, 0.1) is 0 Å². The Balaban J connectivity index is 1.43. The lowest BCUT2D eigenvalue weighted by Gasteiger charge is -2.28. The Labute approximate surface area is 454 Å². The number of benzene rings is 10. The number of hydrogen-bond donors (Lipinski definition) is 0. The lowest BCUT2D eigenvalue weighted by molar-refractivity contribution is 0.568. The van der Waals surface area contributed by atoms with Gasteiger partial charge in [-0.05, 0) is 226 Å². The molecular formula is C76H82. The Morgan fingerprint density at radius 1 is 0.184 bits per heavy atom. The van der Waals surface area contributed by atoms with Crippen LogP contribution in [0.2, 0.25) is 0 Å². The Hall–Kier alpha value is -6.24. The third kappa shape index (κ3) is 7.72. The predicted molar refractivity (Wildman–Crippen MR) is 339 cm³/mol. The van der Waals surface area contributed by atoms with Gasteiger partial charge in [-0.15, -0.1) is 0 Å². The van der Waals surface area contributed by atoms with Crippen molar-refractivity contribution in [3.63, 3.8) is 0 Å². The molecule has 0 aliphatic heterocycles. The molecule has 0 N–H and O–H groups in total. The molecule has 0 heterocycles. The van der Waals surface area contributed by atoms with Crippen molar-refractivity contribution in [3.8, 4) is 22.3 Å². The second kappa shape index (κ2) is 15.7. The summed E-state index contributed by atoms with van der Waals surface area (Å²) >= 11 is 0. The van der Waals surface area contributed by atoms with Crippen LogP contribution in [0.15, 0.2) is 115 Å². The molecule has 0 saturated heterocycles. The summed E-state index contributed by atoms with van der Waals surface area (Å²) in [7, 11) is 0. The lowest BCUT2D eigenvalue weighted by Crippen LogP contribution is -2.16. The van der Waals surface area contributed by atoms with Crippen molar-refractivity contribution in [2.75, 3.05) is 0 Å². The van der Waals surface area contributed by atoms with Crippen molar-refractivity contribution in [2.45, 2.75) is 183 Å². The first-order chi connectivity index (χ1) is 35.1. The van der Waals surface area contributed by atoms with Crippen LogP contribution in [0.5, 0.6) is 0 Å². The monoisotopic (exact) mass is 995 g/mol. The maximum absolute atomic E-state index is 2.68. The molecule has 0 spiro atoms. The smallest absolute Gasteiger partial charge is 0.000718 e. The van der Waals surface area contributed by atoms with Crippen molar-refractivity contribution in [1.82, 2.24) is 0 Å². The quantitative estimate of drug-likeness (QED) is 0.151. The van der Waals surface area contributed by atoms with Gasteiger partial charge >= 0.3 is 0 Å². The molecule has 0 nitrogen and oxygen atoms in total. The summed E-state index contributed by atoms with van der Waals surface area (Å²) in [6.07, 6.45) is 0. The largest absolute Gasteiger partial charge is 0.0561 e. The van der Waals surface area contributed by atoms with Crippen LogP contribution in [-0.4, -0.2) is 0 Å². The third-order valence-electron chi connectivity index (χ3n) is 17.8. The fourth-order valence-corrected chi connectivity index (χ4v) is 13.0. The van der Waals surface area contributed by atoms with Gasteiger partial charge in [-0.3, -0.25) is 0 Å². The van der Waals surface area contributed by atoms with E-state index in [1.54, 1.807) is 0 Å². The van der Waals surface area contributed by atoms with E-state index in [4.69, 9.17) is 0 Å². The molecule has 0 aliphatic carbocycles. The van der Waals surface area contributed by atoms with Crippen LogP contribution in [0.4, 0.5) is 0 Å². The molecule has 0 fully saturated rings. The second-order valence-electron chi connectivity index (χ2n) is 30.8. The minimum Gasteiger partial charge on any atom is -0.0561 e. The summed E-state index contributed by atoms with van der Waals surface area (Å²) in [6.45, 7) is 50.0. The standard InChI is InChI=1S/C76H82/c1-70(2,3)47-26-42-23-22-41-24-25-54-67-61(34-46(33-47)62(42)66(41)67)69-65(45-31-50(73(10,11)12)36-51(32-45)74(13,14)15)60-40-56-55(57-37-52(75(16,17)18)27-43-28-53(76(19,20)21)38-58(56)63(43)57)39-59(60)64(68(54)69)44-29-48(71(4,5)6)35-49(30-44)72(7,8)9/h22-40H,1-21H3. The van der Waals surface area contributed by atoms with Crippen LogP contribution in [0.25, 0.3) is 119 Å². The van der Waals surface area contributed by atoms with Crippen molar-refractivity contribution in [1.29, 1.82) is 0 Å². The second-order valence-corrected chi connectivity index (χ2v) is 30.8. The van der Waals surface area contributed by atoms with Gasteiger partial charge in [-0.25, -0.2) is 0 Å². The van der Waals surface area contributed by atoms with Crippen molar-refractivity contribution in [2.24, 2.45) is 0 Å². The van der Waals surface area contributed by atoms with E-state index in [1.165, 1.54) is 158 Å². The van der Waals surface area contributed by atoms with Crippen molar-refractivity contribution >= 4 is 97.0 Å². The van der Waals surface area contributed by atoms with E-state index in [1.807, 2.05) is 0 Å². The average Bonchev–Trinajstić information content (AvgIpc) is 3.92. The summed E-state index contributed by atoms with van der Waals surface area (Å²) in [5.74, 6) is 0. The fourth-order valence-electron chi connectivity index (χ4n) is 13.0. The number of fused-ring (bicyclic) bond motifs is 7. The normalized spacial score (nSPS) is 14.1.